The number of rotatable bonds is 7. The highest BCUT2D eigenvalue weighted by atomic mass is 35.5. The Kier molecular flexibility index (Phi) is 6.52. The van der Waals surface area contributed by atoms with Crippen LogP contribution in [0, 0.1) is 0 Å². The smallest absolute Gasteiger partial charge is 0.240 e. The van der Waals surface area contributed by atoms with Crippen molar-refractivity contribution in [2.24, 2.45) is 0 Å². The van der Waals surface area contributed by atoms with Crippen LogP contribution in [0.1, 0.15) is 24.8 Å². The van der Waals surface area contributed by atoms with E-state index in [-0.39, 0.29) is 29.8 Å². The van der Waals surface area contributed by atoms with Gasteiger partial charge in [0.25, 0.3) is 0 Å². The number of hydrogen-bond acceptors (Lipinski definition) is 3. The Morgan fingerprint density at radius 1 is 1.11 bits per heavy atom. The molecule has 1 fully saturated rings. The van der Waals surface area contributed by atoms with Crippen LogP contribution in [0.5, 0.6) is 0 Å². The maximum Gasteiger partial charge on any atom is 0.240 e. The van der Waals surface area contributed by atoms with Crippen molar-refractivity contribution in [1.29, 1.82) is 0 Å². The topological polar surface area (TPSA) is 66.5 Å². The van der Waals surface area contributed by atoms with E-state index in [1.54, 1.807) is 18.2 Å². The Morgan fingerprint density at radius 2 is 1.81 bits per heavy atom. The number of benzene rings is 2. The molecule has 1 aliphatic rings. The maximum atomic E-state index is 12.6. The molecule has 1 amide bonds. The summed E-state index contributed by atoms with van der Waals surface area (Å²) in [4.78, 5) is 14.7. The van der Waals surface area contributed by atoms with Crippen LogP contribution in [0.4, 0.5) is 0 Å². The zero-order valence-electron chi connectivity index (χ0n) is 15.0. The second kappa shape index (κ2) is 8.87. The molecule has 2 aromatic carbocycles. The number of nitrogens with zero attached hydrogens (tertiary/aromatic N) is 1. The molecular formula is C20H23ClN2O3S. The molecule has 144 valence electrons. The van der Waals surface area contributed by atoms with E-state index in [4.69, 9.17) is 11.6 Å². The molecule has 7 heteroatoms. The third kappa shape index (κ3) is 5.09. The van der Waals surface area contributed by atoms with Crippen LogP contribution in [-0.2, 0) is 21.2 Å². The third-order valence-corrected chi connectivity index (χ3v) is 6.64. The molecule has 0 bridgehead atoms. The van der Waals surface area contributed by atoms with Gasteiger partial charge in [0.05, 0.1) is 4.90 Å². The molecule has 5 nitrogen and oxygen atoms in total. The number of halogens is 1. The number of amides is 1. The fraction of sp³-hybridized carbons (Fsp3) is 0.350. The predicted molar refractivity (Wildman–Crippen MR) is 106 cm³/mol. The third-order valence-electron chi connectivity index (χ3n) is 4.80. The molecule has 1 aliphatic heterocycles. The molecular weight excluding hydrogens is 384 g/mol. The minimum atomic E-state index is -3.59. The van der Waals surface area contributed by atoms with Gasteiger partial charge in [-0.2, -0.15) is 0 Å². The lowest BCUT2D eigenvalue weighted by Gasteiger charge is -2.25. The molecule has 1 unspecified atom stereocenters. The molecule has 0 aliphatic carbocycles. The quantitative estimate of drug-likeness (QED) is 0.767. The van der Waals surface area contributed by atoms with Gasteiger partial charge in [0.15, 0.2) is 0 Å². The van der Waals surface area contributed by atoms with Crippen LogP contribution in [0.25, 0.3) is 0 Å². The predicted octanol–water partition coefficient (Wildman–Crippen LogP) is 3.24. The van der Waals surface area contributed by atoms with E-state index in [9.17, 15) is 13.2 Å². The Labute approximate surface area is 165 Å². The fourth-order valence-corrected chi connectivity index (χ4v) is 4.68. The second-order valence-electron chi connectivity index (χ2n) is 6.64. The first-order valence-electron chi connectivity index (χ1n) is 9.05. The summed E-state index contributed by atoms with van der Waals surface area (Å²) < 4.78 is 27.0. The van der Waals surface area contributed by atoms with Crippen molar-refractivity contribution in [3.63, 3.8) is 0 Å². The summed E-state index contributed by atoms with van der Waals surface area (Å²) in [5.74, 6) is -0.0275. The normalized spacial score (nSPS) is 17.2. The standard InChI is InChI=1S/C20H23ClN2O3S/c21-19-11-5-4-7-16(19)15-17-8-6-14-23(17)20(24)12-13-22-27(25,26)18-9-2-1-3-10-18/h1-5,7,9-11,17,22H,6,8,12-15H2. The monoisotopic (exact) mass is 406 g/mol. The van der Waals surface area contributed by atoms with Gasteiger partial charge in [-0.25, -0.2) is 13.1 Å². The highest BCUT2D eigenvalue weighted by molar-refractivity contribution is 7.89. The molecule has 0 saturated carbocycles. The number of carbonyl (C=O) groups is 1. The van der Waals surface area contributed by atoms with Gasteiger partial charge in [-0.3, -0.25) is 4.79 Å². The average Bonchev–Trinajstić information content (AvgIpc) is 3.12. The van der Waals surface area contributed by atoms with Crippen molar-refractivity contribution in [1.82, 2.24) is 9.62 Å². The second-order valence-corrected chi connectivity index (χ2v) is 8.81. The summed E-state index contributed by atoms with van der Waals surface area (Å²) in [5.41, 5.74) is 1.04. The molecule has 1 saturated heterocycles. The largest absolute Gasteiger partial charge is 0.339 e. The van der Waals surface area contributed by atoms with Crippen LogP contribution < -0.4 is 4.72 Å². The highest BCUT2D eigenvalue weighted by Crippen LogP contribution is 2.25. The van der Waals surface area contributed by atoms with Crippen molar-refractivity contribution in [2.75, 3.05) is 13.1 Å². The van der Waals surface area contributed by atoms with E-state index in [0.29, 0.717) is 11.6 Å². The van der Waals surface area contributed by atoms with Gasteiger partial charge in [0, 0.05) is 30.6 Å². The lowest BCUT2D eigenvalue weighted by atomic mass is 10.0. The van der Waals surface area contributed by atoms with Crippen LogP contribution in [0.15, 0.2) is 59.5 Å². The van der Waals surface area contributed by atoms with Crippen molar-refractivity contribution in [2.45, 2.75) is 36.6 Å². The van der Waals surface area contributed by atoms with Gasteiger partial charge in [-0.05, 0) is 43.0 Å². The van der Waals surface area contributed by atoms with Crippen LogP contribution in [0.2, 0.25) is 5.02 Å². The molecule has 0 spiro atoms. The van der Waals surface area contributed by atoms with Crippen LogP contribution in [-0.4, -0.2) is 38.4 Å². The maximum absolute atomic E-state index is 12.6. The zero-order chi connectivity index (χ0) is 19.3. The molecule has 1 heterocycles. The molecule has 3 rings (SSSR count). The van der Waals surface area contributed by atoms with E-state index in [0.717, 1.165) is 24.8 Å². The van der Waals surface area contributed by atoms with Crippen molar-refractivity contribution >= 4 is 27.5 Å². The lowest BCUT2D eigenvalue weighted by Crippen LogP contribution is -2.38. The first-order chi connectivity index (χ1) is 13.0. The minimum Gasteiger partial charge on any atom is -0.339 e. The van der Waals surface area contributed by atoms with Gasteiger partial charge in [0.1, 0.15) is 0 Å². The van der Waals surface area contributed by atoms with Gasteiger partial charge < -0.3 is 4.90 Å². The number of nitrogens with one attached hydrogen (secondary N) is 1. The van der Waals surface area contributed by atoms with E-state index in [1.807, 2.05) is 29.2 Å². The Hall–Kier alpha value is -1.89. The Morgan fingerprint density at radius 3 is 2.56 bits per heavy atom. The number of hydrogen-bond donors (Lipinski definition) is 1. The fourth-order valence-electron chi connectivity index (χ4n) is 3.41. The number of carbonyl (C=O) groups excluding carboxylic acids is 1. The number of sulfonamides is 1. The molecule has 27 heavy (non-hydrogen) atoms. The zero-order valence-corrected chi connectivity index (χ0v) is 16.5. The van der Waals surface area contributed by atoms with Gasteiger partial charge in [-0.1, -0.05) is 48.0 Å². The first-order valence-corrected chi connectivity index (χ1v) is 10.9. The summed E-state index contributed by atoms with van der Waals surface area (Å²) >= 11 is 6.24. The van der Waals surface area contributed by atoms with Gasteiger partial charge in [-0.15, -0.1) is 0 Å². The highest BCUT2D eigenvalue weighted by Gasteiger charge is 2.29. The first kappa shape index (κ1) is 19.9. The van der Waals surface area contributed by atoms with Crippen molar-refractivity contribution in [3.05, 3.63) is 65.2 Å². The Balaban J connectivity index is 1.55. The van der Waals surface area contributed by atoms with E-state index in [2.05, 4.69) is 4.72 Å². The van der Waals surface area contributed by atoms with Gasteiger partial charge in [0.2, 0.25) is 15.9 Å². The SMILES string of the molecule is O=C(CCNS(=O)(=O)c1ccccc1)N1CCCC1Cc1ccccc1Cl. The van der Waals surface area contributed by atoms with E-state index < -0.39 is 10.0 Å². The molecule has 0 aromatic heterocycles. The van der Waals surface area contributed by atoms with Crippen molar-refractivity contribution < 1.29 is 13.2 Å². The van der Waals surface area contributed by atoms with Crippen molar-refractivity contribution in [3.8, 4) is 0 Å². The summed E-state index contributed by atoms with van der Waals surface area (Å²) in [6.07, 6.45) is 2.76. The molecule has 1 N–H and O–H groups in total. The molecule has 2 aromatic rings. The number of likely N-dealkylation sites (tertiary alicyclic amines) is 1. The van der Waals surface area contributed by atoms with Crippen LogP contribution >= 0.6 is 11.6 Å². The molecule has 0 radical (unpaired) electrons. The Bertz CT molecular complexity index is 887. The minimum absolute atomic E-state index is 0.0275. The molecule has 1 atom stereocenters. The summed E-state index contributed by atoms with van der Waals surface area (Å²) in [7, 11) is -3.59. The summed E-state index contributed by atoms with van der Waals surface area (Å²) in [5, 5.41) is 0.715. The summed E-state index contributed by atoms with van der Waals surface area (Å²) in [6, 6.07) is 16.0. The van der Waals surface area contributed by atoms with Gasteiger partial charge >= 0.3 is 0 Å². The average molecular weight is 407 g/mol. The van der Waals surface area contributed by atoms with Crippen LogP contribution in [0.3, 0.4) is 0 Å². The van der Waals surface area contributed by atoms with E-state index in [1.165, 1.54) is 12.1 Å². The van der Waals surface area contributed by atoms with E-state index >= 15 is 0 Å². The summed E-state index contributed by atoms with van der Waals surface area (Å²) in [6.45, 7) is 0.796. The lowest BCUT2D eigenvalue weighted by molar-refractivity contribution is -0.131.